The molecule has 0 atom stereocenters. The van der Waals surface area contributed by atoms with Crippen LogP contribution in [0.5, 0.6) is 5.75 Å². The molecule has 25 heavy (non-hydrogen) atoms. The summed E-state index contributed by atoms with van der Waals surface area (Å²) in [5.74, 6) is 1.78. The van der Waals surface area contributed by atoms with Crippen molar-refractivity contribution in [3.8, 4) is 5.75 Å². The van der Waals surface area contributed by atoms with Gasteiger partial charge in [-0.05, 0) is 38.8 Å². The lowest BCUT2D eigenvalue weighted by Gasteiger charge is -2.11. The molecule has 1 aromatic carbocycles. The molecule has 1 heterocycles. The molecule has 0 unspecified atom stereocenters. The molecule has 0 radical (unpaired) electrons. The molecule has 0 aliphatic heterocycles. The number of aliphatic imine (C=N–C) groups is 1. The van der Waals surface area contributed by atoms with E-state index < -0.39 is 0 Å². The molecule has 0 spiro atoms. The Hall–Kier alpha value is -2.08. The van der Waals surface area contributed by atoms with Crippen LogP contribution in [0.2, 0.25) is 0 Å². The SMILES string of the molecule is CN=C(NCCCCOc1ccc(C)cc1)NCCc1csc(C)n1. The highest BCUT2D eigenvalue weighted by atomic mass is 32.1. The summed E-state index contributed by atoms with van der Waals surface area (Å²) >= 11 is 1.69. The average molecular weight is 361 g/mol. The number of benzene rings is 1. The van der Waals surface area contributed by atoms with Crippen molar-refractivity contribution < 1.29 is 4.74 Å². The van der Waals surface area contributed by atoms with E-state index in [0.717, 1.165) is 61.4 Å². The predicted octanol–water partition coefficient (Wildman–Crippen LogP) is 3.33. The van der Waals surface area contributed by atoms with Gasteiger partial charge in [-0.1, -0.05) is 17.7 Å². The number of ether oxygens (including phenoxy) is 1. The van der Waals surface area contributed by atoms with Crippen molar-refractivity contribution >= 4 is 17.3 Å². The van der Waals surface area contributed by atoms with Gasteiger partial charge in [-0.3, -0.25) is 4.99 Å². The molecule has 5 nitrogen and oxygen atoms in total. The van der Waals surface area contributed by atoms with Crippen molar-refractivity contribution in [1.82, 2.24) is 15.6 Å². The third-order valence-electron chi connectivity index (χ3n) is 3.72. The molecule has 0 saturated heterocycles. The number of nitrogens with one attached hydrogen (secondary N) is 2. The Balaban J connectivity index is 1.52. The number of aryl methyl sites for hydroxylation is 2. The molecule has 0 bridgehead atoms. The fourth-order valence-electron chi connectivity index (χ4n) is 2.31. The molecule has 0 saturated carbocycles. The highest BCUT2D eigenvalue weighted by molar-refractivity contribution is 7.09. The Labute approximate surface area is 154 Å². The lowest BCUT2D eigenvalue weighted by atomic mass is 10.2. The second kappa shape index (κ2) is 10.7. The lowest BCUT2D eigenvalue weighted by molar-refractivity contribution is 0.307. The van der Waals surface area contributed by atoms with Gasteiger partial charge in [0.15, 0.2) is 5.96 Å². The van der Waals surface area contributed by atoms with E-state index in [4.69, 9.17) is 4.74 Å². The zero-order chi connectivity index (χ0) is 17.9. The lowest BCUT2D eigenvalue weighted by Crippen LogP contribution is -2.38. The van der Waals surface area contributed by atoms with Crippen LogP contribution in [0.15, 0.2) is 34.6 Å². The highest BCUT2D eigenvalue weighted by Crippen LogP contribution is 2.11. The number of unbranched alkanes of at least 4 members (excludes halogenated alkanes) is 1. The van der Waals surface area contributed by atoms with Crippen LogP contribution in [0.25, 0.3) is 0 Å². The summed E-state index contributed by atoms with van der Waals surface area (Å²) in [6, 6.07) is 8.17. The Bertz CT molecular complexity index is 652. The molecule has 0 amide bonds. The minimum Gasteiger partial charge on any atom is -0.494 e. The summed E-state index contributed by atoms with van der Waals surface area (Å²) < 4.78 is 5.73. The smallest absolute Gasteiger partial charge is 0.190 e. The molecular formula is C19H28N4OS. The van der Waals surface area contributed by atoms with Gasteiger partial charge >= 0.3 is 0 Å². The monoisotopic (exact) mass is 360 g/mol. The fourth-order valence-corrected chi connectivity index (χ4v) is 2.96. The summed E-state index contributed by atoms with van der Waals surface area (Å²) in [6.45, 7) is 6.56. The fraction of sp³-hybridized carbons (Fsp3) is 0.474. The first-order chi connectivity index (χ1) is 12.2. The van der Waals surface area contributed by atoms with Crippen LogP contribution in [0.3, 0.4) is 0 Å². The molecule has 2 rings (SSSR count). The minimum atomic E-state index is 0.736. The van der Waals surface area contributed by atoms with Gasteiger partial charge in [0.25, 0.3) is 0 Å². The second-order valence-electron chi connectivity index (χ2n) is 5.90. The predicted molar refractivity (Wildman–Crippen MR) is 106 cm³/mol. The van der Waals surface area contributed by atoms with E-state index in [2.05, 4.69) is 45.0 Å². The standard InChI is InChI=1S/C19H28N4OS/c1-15-6-8-18(9-7-15)24-13-5-4-11-21-19(20-3)22-12-10-17-14-25-16(2)23-17/h6-9,14H,4-5,10-13H2,1-3H3,(H2,20,21,22). The first-order valence-corrected chi connectivity index (χ1v) is 9.60. The number of aromatic nitrogens is 1. The summed E-state index contributed by atoms with van der Waals surface area (Å²) in [5, 5.41) is 9.88. The molecule has 2 N–H and O–H groups in total. The van der Waals surface area contributed by atoms with E-state index in [1.165, 1.54) is 5.56 Å². The van der Waals surface area contributed by atoms with E-state index in [-0.39, 0.29) is 0 Å². The van der Waals surface area contributed by atoms with Crippen LogP contribution in [0, 0.1) is 13.8 Å². The van der Waals surface area contributed by atoms with Gasteiger partial charge in [-0.2, -0.15) is 0 Å². The number of thiazole rings is 1. The van der Waals surface area contributed by atoms with Crippen molar-refractivity contribution in [2.45, 2.75) is 33.1 Å². The van der Waals surface area contributed by atoms with Crippen LogP contribution in [0.1, 0.15) is 29.1 Å². The van der Waals surface area contributed by atoms with Crippen molar-refractivity contribution in [2.75, 3.05) is 26.7 Å². The first-order valence-electron chi connectivity index (χ1n) is 8.72. The molecule has 0 fully saturated rings. The zero-order valence-corrected chi connectivity index (χ0v) is 16.2. The normalized spacial score (nSPS) is 11.4. The topological polar surface area (TPSA) is 58.5 Å². The minimum absolute atomic E-state index is 0.736. The highest BCUT2D eigenvalue weighted by Gasteiger charge is 2.00. The largest absolute Gasteiger partial charge is 0.494 e. The molecule has 6 heteroatoms. The summed E-state index contributed by atoms with van der Waals surface area (Å²) in [5.41, 5.74) is 2.39. The maximum Gasteiger partial charge on any atom is 0.190 e. The van der Waals surface area contributed by atoms with Gasteiger partial charge in [0.05, 0.1) is 17.3 Å². The molecule has 0 aliphatic carbocycles. The second-order valence-corrected chi connectivity index (χ2v) is 6.96. The third-order valence-corrected chi connectivity index (χ3v) is 4.54. The Kier molecular flexibility index (Phi) is 8.25. The summed E-state index contributed by atoms with van der Waals surface area (Å²) in [6.07, 6.45) is 2.96. The molecular weight excluding hydrogens is 332 g/mol. The maximum atomic E-state index is 5.73. The summed E-state index contributed by atoms with van der Waals surface area (Å²) in [7, 11) is 1.79. The first kappa shape index (κ1) is 19.2. The Morgan fingerprint density at radius 3 is 2.56 bits per heavy atom. The van der Waals surface area contributed by atoms with E-state index in [9.17, 15) is 0 Å². The number of hydrogen-bond donors (Lipinski definition) is 2. The van der Waals surface area contributed by atoms with Crippen LogP contribution in [0.4, 0.5) is 0 Å². The molecule has 1 aromatic heterocycles. The van der Waals surface area contributed by atoms with Gasteiger partial charge in [-0.25, -0.2) is 4.98 Å². The Morgan fingerprint density at radius 2 is 1.88 bits per heavy atom. The molecule has 2 aromatic rings. The number of rotatable bonds is 9. The van der Waals surface area contributed by atoms with Gasteiger partial charge < -0.3 is 15.4 Å². The molecule has 136 valence electrons. The van der Waals surface area contributed by atoms with Crippen molar-refractivity contribution in [3.05, 3.63) is 45.9 Å². The van der Waals surface area contributed by atoms with Gasteiger partial charge in [0.2, 0.25) is 0 Å². The zero-order valence-electron chi connectivity index (χ0n) is 15.3. The van der Waals surface area contributed by atoms with Crippen LogP contribution in [-0.2, 0) is 6.42 Å². The van der Waals surface area contributed by atoms with Crippen molar-refractivity contribution in [3.63, 3.8) is 0 Å². The van der Waals surface area contributed by atoms with Gasteiger partial charge in [-0.15, -0.1) is 11.3 Å². The Morgan fingerprint density at radius 1 is 1.12 bits per heavy atom. The van der Waals surface area contributed by atoms with Crippen LogP contribution < -0.4 is 15.4 Å². The average Bonchev–Trinajstić information content (AvgIpc) is 3.03. The van der Waals surface area contributed by atoms with E-state index in [0.29, 0.717) is 0 Å². The number of hydrogen-bond acceptors (Lipinski definition) is 4. The van der Waals surface area contributed by atoms with E-state index in [1.807, 2.05) is 19.1 Å². The quantitative estimate of drug-likeness (QED) is 0.409. The van der Waals surface area contributed by atoms with Gasteiger partial charge in [0.1, 0.15) is 5.75 Å². The van der Waals surface area contributed by atoms with E-state index >= 15 is 0 Å². The van der Waals surface area contributed by atoms with Crippen molar-refractivity contribution in [1.29, 1.82) is 0 Å². The molecule has 0 aliphatic rings. The van der Waals surface area contributed by atoms with Crippen LogP contribution >= 0.6 is 11.3 Å². The maximum absolute atomic E-state index is 5.73. The van der Waals surface area contributed by atoms with Crippen molar-refractivity contribution in [2.24, 2.45) is 4.99 Å². The van der Waals surface area contributed by atoms with Crippen LogP contribution in [-0.4, -0.2) is 37.7 Å². The van der Waals surface area contributed by atoms with Gasteiger partial charge in [0, 0.05) is 31.9 Å². The third kappa shape index (κ3) is 7.56. The number of nitrogens with zero attached hydrogens (tertiary/aromatic N) is 2. The summed E-state index contributed by atoms with van der Waals surface area (Å²) in [4.78, 5) is 8.71. The van der Waals surface area contributed by atoms with E-state index in [1.54, 1.807) is 18.4 Å². The number of guanidine groups is 1.